The number of Topliss-reactive ketones (excluding diaryl/α,β-unsaturated/α-hetero) is 1. The smallest absolute Gasteiger partial charge is 0.305 e. The normalized spacial score (nSPS) is 18.6. The maximum Gasteiger partial charge on any atom is 0.305 e. The summed E-state index contributed by atoms with van der Waals surface area (Å²) < 4.78 is 16.7. The SMILES string of the molecule is CCOC(C)C1=C(C)c2cc3[nH]c(c4c5[nH]c(cc6nc(cc1n2)C(C)=C6CC)c(C)c5C=C(OC)C4=O)[C@@H](CCCC(=O)OC)[C@@H]3C. The number of carbonyl (C=O) groups excluding carboxylic acids is 2. The lowest BCUT2D eigenvalue weighted by Crippen LogP contribution is -2.15. The van der Waals surface area contributed by atoms with Gasteiger partial charge in [-0.25, -0.2) is 9.97 Å². The lowest BCUT2D eigenvalue weighted by Gasteiger charge is -2.20. The van der Waals surface area contributed by atoms with Crippen molar-refractivity contribution in [3.05, 3.63) is 74.8 Å². The Morgan fingerprint density at radius 2 is 1.71 bits per heavy atom. The van der Waals surface area contributed by atoms with Crippen LogP contribution in [-0.2, 0) is 19.0 Å². The molecule has 6 rings (SSSR count). The number of carbonyl (C=O) groups is 2. The molecule has 0 radical (unpaired) electrons. The first-order chi connectivity index (χ1) is 23.0. The second-order valence-electron chi connectivity index (χ2n) is 13.0. The van der Waals surface area contributed by atoms with E-state index in [1.807, 2.05) is 13.0 Å². The first-order valence-corrected chi connectivity index (χ1v) is 17.0. The first kappa shape index (κ1) is 33.4. The average molecular weight is 651 g/mol. The van der Waals surface area contributed by atoms with Crippen molar-refractivity contribution in [1.82, 2.24) is 19.9 Å². The summed E-state index contributed by atoms with van der Waals surface area (Å²) in [5.74, 6) is -0.184. The van der Waals surface area contributed by atoms with Gasteiger partial charge in [0.2, 0.25) is 5.78 Å². The zero-order valence-electron chi connectivity index (χ0n) is 29.5. The summed E-state index contributed by atoms with van der Waals surface area (Å²) in [7, 11) is 2.95. The van der Waals surface area contributed by atoms with Crippen LogP contribution in [0.1, 0.15) is 135 Å². The van der Waals surface area contributed by atoms with Crippen molar-refractivity contribution in [3.63, 3.8) is 0 Å². The molecule has 2 aromatic rings. The summed E-state index contributed by atoms with van der Waals surface area (Å²) in [6.07, 6.45) is 4.11. The molecule has 4 aliphatic rings. The van der Waals surface area contributed by atoms with E-state index in [9.17, 15) is 9.59 Å². The minimum atomic E-state index is -0.243. The van der Waals surface area contributed by atoms with Gasteiger partial charge in [0, 0.05) is 52.9 Å². The van der Waals surface area contributed by atoms with Gasteiger partial charge in [-0.2, -0.15) is 0 Å². The predicted octanol–water partition coefficient (Wildman–Crippen LogP) is 8.46. The Kier molecular flexibility index (Phi) is 9.18. The molecule has 9 heteroatoms. The molecule has 5 heterocycles. The Balaban J connectivity index is 1.73. The van der Waals surface area contributed by atoms with E-state index in [-0.39, 0.29) is 35.5 Å². The van der Waals surface area contributed by atoms with Gasteiger partial charge < -0.3 is 24.2 Å². The van der Waals surface area contributed by atoms with Crippen LogP contribution in [0.15, 0.2) is 24.0 Å². The molecule has 48 heavy (non-hydrogen) atoms. The van der Waals surface area contributed by atoms with Crippen LogP contribution in [0, 0.1) is 6.92 Å². The number of hydrogen-bond acceptors (Lipinski definition) is 7. The van der Waals surface area contributed by atoms with Crippen molar-refractivity contribution >= 4 is 51.2 Å². The van der Waals surface area contributed by atoms with Gasteiger partial charge in [0.1, 0.15) is 0 Å². The topological polar surface area (TPSA) is 119 Å². The molecule has 2 aromatic heterocycles. The molecule has 9 nitrogen and oxygen atoms in total. The van der Waals surface area contributed by atoms with Crippen LogP contribution < -0.4 is 0 Å². The highest BCUT2D eigenvalue weighted by atomic mass is 16.5. The van der Waals surface area contributed by atoms with E-state index < -0.39 is 0 Å². The number of esters is 1. The second kappa shape index (κ2) is 13.2. The van der Waals surface area contributed by atoms with Gasteiger partial charge in [-0.05, 0) is 100 Å². The van der Waals surface area contributed by atoms with Crippen molar-refractivity contribution in [2.45, 2.75) is 92.1 Å². The third-order valence-electron chi connectivity index (χ3n) is 10.4. The molecule has 3 atom stereocenters. The third-order valence-corrected chi connectivity index (χ3v) is 10.4. The van der Waals surface area contributed by atoms with Crippen molar-refractivity contribution in [2.24, 2.45) is 0 Å². The summed E-state index contributed by atoms with van der Waals surface area (Å²) in [4.78, 5) is 44.0. The summed E-state index contributed by atoms with van der Waals surface area (Å²) >= 11 is 0. The van der Waals surface area contributed by atoms with E-state index >= 15 is 0 Å². The van der Waals surface area contributed by atoms with Gasteiger partial charge >= 0.3 is 5.97 Å². The van der Waals surface area contributed by atoms with Crippen LogP contribution in [0.5, 0.6) is 0 Å². The molecule has 3 aliphatic heterocycles. The molecule has 0 aromatic carbocycles. The quantitative estimate of drug-likeness (QED) is 0.261. The molecule has 0 spiro atoms. The number of aryl methyl sites for hydroxylation is 1. The standard InChI is InChI=1S/C39H46N4O5/c1-10-24-19(3)27-18-32-35(23(7)48-11-2)22(6)30(41-32)16-28-20(4)25(13-12-14-34(44)47-9)37(42-28)36-38-26(15-33(46-8)39(36)45)21(5)29(43-38)17-31(24)40-27/h15-18,20,23,25,42-43H,10-14H2,1-9H3/t20-,23?,25-/m0/s1. The van der Waals surface area contributed by atoms with E-state index in [2.05, 4.69) is 69.7 Å². The highest BCUT2D eigenvalue weighted by Gasteiger charge is 2.36. The van der Waals surface area contributed by atoms with Crippen molar-refractivity contribution in [1.29, 1.82) is 0 Å². The highest BCUT2D eigenvalue weighted by molar-refractivity contribution is 6.19. The van der Waals surface area contributed by atoms with E-state index in [0.717, 1.165) is 79.5 Å². The zero-order valence-corrected chi connectivity index (χ0v) is 29.5. The lowest BCUT2D eigenvalue weighted by atomic mass is 9.83. The fourth-order valence-electron chi connectivity index (χ4n) is 7.65. The van der Waals surface area contributed by atoms with Crippen molar-refractivity contribution in [3.8, 4) is 0 Å². The van der Waals surface area contributed by atoms with E-state index in [1.165, 1.54) is 19.8 Å². The van der Waals surface area contributed by atoms with Crippen LogP contribution in [0.2, 0.25) is 0 Å². The number of rotatable bonds is 9. The molecule has 252 valence electrons. The monoisotopic (exact) mass is 650 g/mol. The summed E-state index contributed by atoms with van der Waals surface area (Å²) in [6, 6.07) is 6.31. The van der Waals surface area contributed by atoms with Gasteiger partial charge in [-0.3, -0.25) is 9.59 Å². The van der Waals surface area contributed by atoms with Crippen molar-refractivity contribution < 1.29 is 23.8 Å². The van der Waals surface area contributed by atoms with Crippen molar-refractivity contribution in [2.75, 3.05) is 20.8 Å². The number of nitrogens with zero attached hydrogens (tertiary/aromatic N) is 2. The first-order valence-electron chi connectivity index (χ1n) is 17.0. The molecular formula is C39H46N4O5. The lowest BCUT2D eigenvalue weighted by molar-refractivity contribution is -0.140. The van der Waals surface area contributed by atoms with E-state index in [4.69, 9.17) is 24.2 Å². The molecule has 0 saturated heterocycles. The molecule has 0 fully saturated rings. The molecular weight excluding hydrogens is 604 g/mol. The number of nitrogens with one attached hydrogen (secondary N) is 2. The van der Waals surface area contributed by atoms with Crippen LogP contribution in [0.3, 0.4) is 0 Å². The Hall–Kier alpha value is -4.50. The molecule has 1 aliphatic carbocycles. The van der Waals surface area contributed by atoms with Gasteiger partial charge in [-0.15, -0.1) is 0 Å². The van der Waals surface area contributed by atoms with Crippen LogP contribution in [-0.4, -0.2) is 58.6 Å². The number of fused-ring (bicyclic) bond motifs is 8. The molecule has 1 unspecified atom stereocenters. The fourth-order valence-corrected chi connectivity index (χ4v) is 7.65. The van der Waals surface area contributed by atoms with Gasteiger partial charge in [-0.1, -0.05) is 13.8 Å². The number of allylic oxidation sites excluding steroid dienone is 4. The number of hydrogen-bond donors (Lipinski definition) is 2. The highest BCUT2D eigenvalue weighted by Crippen LogP contribution is 2.45. The second-order valence-corrected chi connectivity index (χ2v) is 13.0. The van der Waals surface area contributed by atoms with E-state index in [0.29, 0.717) is 31.4 Å². The predicted molar refractivity (Wildman–Crippen MR) is 190 cm³/mol. The Morgan fingerprint density at radius 1 is 0.979 bits per heavy atom. The Bertz CT molecular complexity index is 1990. The van der Waals surface area contributed by atoms with E-state index in [1.54, 1.807) is 0 Å². The molecule has 0 amide bonds. The summed E-state index contributed by atoms with van der Waals surface area (Å²) in [5.41, 5.74) is 13.8. The van der Waals surface area contributed by atoms with Gasteiger partial charge in [0.25, 0.3) is 0 Å². The fraction of sp³-hybridized carbons (Fsp3) is 0.436. The maximum atomic E-state index is 14.2. The van der Waals surface area contributed by atoms with Crippen LogP contribution >= 0.6 is 0 Å². The Morgan fingerprint density at radius 3 is 2.40 bits per heavy atom. The number of methoxy groups -OCH3 is 2. The summed E-state index contributed by atoms with van der Waals surface area (Å²) in [5, 5.41) is 0. The summed E-state index contributed by atoms with van der Waals surface area (Å²) in [6.45, 7) is 15.3. The third kappa shape index (κ3) is 5.57. The minimum absolute atomic E-state index is 0.0144. The van der Waals surface area contributed by atoms with Crippen LogP contribution in [0.4, 0.5) is 0 Å². The minimum Gasteiger partial charge on any atom is -0.493 e. The molecule has 0 saturated carbocycles. The zero-order chi connectivity index (χ0) is 34.4. The number of ether oxygens (including phenoxy) is 3. The largest absolute Gasteiger partial charge is 0.493 e. The van der Waals surface area contributed by atoms with Gasteiger partial charge in [0.15, 0.2) is 5.76 Å². The number of ketones is 1. The number of aromatic nitrogens is 4. The van der Waals surface area contributed by atoms with Gasteiger partial charge in [0.05, 0.1) is 54.2 Å². The molecule has 2 N–H and O–H groups in total. The Labute approximate surface area is 282 Å². The van der Waals surface area contributed by atoms with Crippen LogP contribution in [0.25, 0.3) is 39.4 Å². The molecule has 8 bridgehead atoms. The maximum absolute atomic E-state index is 14.2. The number of H-pyrrole nitrogens is 2. The number of aromatic amines is 2. The average Bonchev–Trinajstić information content (AvgIpc) is 3.74.